The number of rotatable bonds is 20. The van der Waals surface area contributed by atoms with Gasteiger partial charge < -0.3 is 29.9 Å². The third-order valence-corrected chi connectivity index (χ3v) is 5.21. The van der Waals surface area contributed by atoms with Crippen LogP contribution < -0.4 is 20.8 Å². The Morgan fingerprint density at radius 1 is 0.966 bits per heavy atom. The largest absolute Gasteiger partial charge is 0.790 e. The van der Waals surface area contributed by atoms with Gasteiger partial charge in [0.15, 0.2) is 0 Å². The lowest BCUT2D eigenvalue weighted by atomic mass is 10.1. The minimum Gasteiger partial charge on any atom is -0.790 e. The molecule has 0 rings (SSSR count). The topological polar surface area (TPSA) is 128 Å². The number of allylic oxidation sites excluding steroid dienone is 2. The number of hydrogen-bond acceptors (Lipinski definition) is 6. The fourth-order valence-electron chi connectivity index (χ4n) is 3.01. The molecular weight excluding hydrogens is 391 g/mol. The van der Waals surface area contributed by atoms with E-state index in [1.807, 2.05) is 0 Å². The molecule has 0 radical (unpaired) electrons. The minimum absolute atomic E-state index is 0.0120. The molecular formula is C21H41N2O5P-2. The summed E-state index contributed by atoms with van der Waals surface area (Å²) in [6, 6.07) is -0.665. The van der Waals surface area contributed by atoms with E-state index in [4.69, 9.17) is 5.73 Å². The van der Waals surface area contributed by atoms with Crippen LogP contribution in [-0.2, 0) is 13.9 Å². The third kappa shape index (κ3) is 21.8. The van der Waals surface area contributed by atoms with Gasteiger partial charge >= 0.3 is 0 Å². The van der Waals surface area contributed by atoms with Crippen LogP contribution in [0.5, 0.6) is 0 Å². The van der Waals surface area contributed by atoms with Crippen LogP contribution in [0.4, 0.5) is 0 Å². The van der Waals surface area contributed by atoms with Crippen molar-refractivity contribution in [3.8, 4) is 0 Å². The van der Waals surface area contributed by atoms with E-state index in [2.05, 4.69) is 28.9 Å². The smallest absolute Gasteiger partial charge is 0.220 e. The molecule has 29 heavy (non-hydrogen) atoms. The molecule has 0 aliphatic rings. The number of hydrogen-bond donors (Lipinski definition) is 2. The van der Waals surface area contributed by atoms with Crippen molar-refractivity contribution in [2.45, 2.75) is 103 Å². The molecule has 0 fully saturated rings. The first-order valence-electron chi connectivity index (χ1n) is 11.2. The fraction of sp³-hybridized carbons (Fsp3) is 0.857. The first-order valence-corrected chi connectivity index (χ1v) is 12.7. The maximum Gasteiger partial charge on any atom is 0.220 e. The summed E-state index contributed by atoms with van der Waals surface area (Å²) in [5.41, 5.74) is 5.44. The highest BCUT2D eigenvalue weighted by molar-refractivity contribution is 7.43. The fourth-order valence-corrected chi connectivity index (χ4v) is 3.37. The van der Waals surface area contributed by atoms with Crippen molar-refractivity contribution in [2.24, 2.45) is 5.73 Å². The van der Waals surface area contributed by atoms with Gasteiger partial charge in [0.1, 0.15) is 0 Å². The van der Waals surface area contributed by atoms with E-state index in [1.165, 1.54) is 51.4 Å². The molecule has 3 N–H and O–H groups in total. The average molecular weight is 433 g/mol. The van der Waals surface area contributed by atoms with Crippen molar-refractivity contribution in [1.29, 1.82) is 0 Å². The highest BCUT2D eigenvalue weighted by atomic mass is 31.2. The molecule has 0 aliphatic heterocycles. The van der Waals surface area contributed by atoms with Crippen molar-refractivity contribution in [3.05, 3.63) is 12.2 Å². The van der Waals surface area contributed by atoms with Crippen LogP contribution in [0.15, 0.2) is 12.2 Å². The Bertz CT molecular complexity index is 468. The first-order chi connectivity index (χ1) is 13.9. The van der Waals surface area contributed by atoms with Gasteiger partial charge in [-0.3, -0.25) is 4.79 Å². The first kappa shape index (κ1) is 28.3. The van der Waals surface area contributed by atoms with Crippen LogP contribution in [0.25, 0.3) is 0 Å². The van der Waals surface area contributed by atoms with Crippen LogP contribution in [0.2, 0.25) is 0 Å². The van der Waals surface area contributed by atoms with Crippen molar-refractivity contribution >= 4 is 13.7 Å². The SMILES string of the molecule is CCCCCCCC/C=C\CCCCCCCC(=O)N[C@@H](CN)COP(=O)([O-])[O-]. The molecule has 0 aromatic heterocycles. The molecule has 1 atom stereocenters. The van der Waals surface area contributed by atoms with Crippen molar-refractivity contribution in [3.63, 3.8) is 0 Å². The molecule has 0 spiro atoms. The molecule has 0 aliphatic carbocycles. The Morgan fingerprint density at radius 2 is 1.48 bits per heavy atom. The maximum absolute atomic E-state index is 11.8. The average Bonchev–Trinajstić information content (AvgIpc) is 2.67. The third-order valence-electron chi connectivity index (χ3n) is 4.75. The van der Waals surface area contributed by atoms with Gasteiger partial charge in [0.05, 0.1) is 20.5 Å². The molecule has 7 nitrogen and oxygen atoms in total. The zero-order valence-electron chi connectivity index (χ0n) is 18.1. The second kappa shape index (κ2) is 19.3. The lowest BCUT2D eigenvalue weighted by molar-refractivity contribution is -0.342. The number of phosphoric ester groups is 1. The van der Waals surface area contributed by atoms with Crippen molar-refractivity contribution in [2.75, 3.05) is 13.2 Å². The quantitative estimate of drug-likeness (QED) is 0.173. The van der Waals surface area contributed by atoms with Gasteiger partial charge in [-0.1, -0.05) is 70.4 Å². The number of unbranched alkanes of at least 4 members (excludes halogenated alkanes) is 11. The Kier molecular flexibility index (Phi) is 18.8. The summed E-state index contributed by atoms with van der Waals surface area (Å²) >= 11 is 0. The van der Waals surface area contributed by atoms with Crippen molar-refractivity contribution in [1.82, 2.24) is 5.32 Å². The van der Waals surface area contributed by atoms with E-state index in [1.54, 1.807) is 0 Å². The Balaban J connectivity index is 3.49. The predicted molar refractivity (Wildman–Crippen MR) is 114 cm³/mol. The lowest BCUT2D eigenvalue weighted by Gasteiger charge is -2.30. The molecule has 0 saturated heterocycles. The molecule has 1 amide bonds. The van der Waals surface area contributed by atoms with Gasteiger partial charge in [-0.15, -0.1) is 0 Å². The Hall–Kier alpha value is -0.720. The molecule has 0 heterocycles. The lowest BCUT2D eigenvalue weighted by Crippen LogP contribution is -2.43. The monoisotopic (exact) mass is 432 g/mol. The zero-order valence-corrected chi connectivity index (χ0v) is 19.0. The van der Waals surface area contributed by atoms with Gasteiger partial charge in [-0.05, 0) is 32.1 Å². The van der Waals surface area contributed by atoms with Crippen LogP contribution in [0.1, 0.15) is 96.8 Å². The summed E-state index contributed by atoms with van der Waals surface area (Å²) in [5.74, 6) is -0.201. The minimum atomic E-state index is -5.04. The van der Waals surface area contributed by atoms with E-state index < -0.39 is 20.5 Å². The number of phosphoric acid groups is 1. The zero-order chi connectivity index (χ0) is 21.8. The van der Waals surface area contributed by atoms with E-state index in [0.717, 1.165) is 32.1 Å². The number of carbonyl (C=O) groups is 1. The molecule has 0 aromatic carbocycles. The van der Waals surface area contributed by atoms with Gasteiger partial charge in [0, 0.05) is 13.0 Å². The second-order valence-electron chi connectivity index (χ2n) is 7.58. The Labute approximate surface area is 177 Å². The summed E-state index contributed by atoms with van der Waals surface area (Å²) in [7, 11) is -5.04. The van der Waals surface area contributed by atoms with Crippen LogP contribution in [0.3, 0.4) is 0 Å². The van der Waals surface area contributed by atoms with Gasteiger partial charge in [0.2, 0.25) is 5.91 Å². The molecule has 0 unspecified atom stereocenters. The molecule has 172 valence electrons. The number of nitrogens with two attached hydrogens (primary N) is 1. The highest BCUT2D eigenvalue weighted by Crippen LogP contribution is 2.24. The summed E-state index contributed by atoms with van der Waals surface area (Å²) in [4.78, 5) is 32.7. The molecule has 8 heteroatoms. The number of nitrogens with one attached hydrogen (secondary N) is 1. The van der Waals surface area contributed by atoms with Crippen LogP contribution in [0, 0.1) is 0 Å². The Morgan fingerprint density at radius 3 is 2.00 bits per heavy atom. The van der Waals surface area contributed by atoms with E-state index in [0.29, 0.717) is 6.42 Å². The predicted octanol–water partition coefficient (Wildman–Crippen LogP) is 3.31. The summed E-state index contributed by atoms with van der Waals surface area (Å²) in [6.07, 6.45) is 20.5. The van der Waals surface area contributed by atoms with Crippen LogP contribution in [-0.4, -0.2) is 25.1 Å². The summed E-state index contributed by atoms with van der Waals surface area (Å²) in [6.45, 7) is 1.84. The maximum atomic E-state index is 11.8. The standard InChI is InChI=1S/C21H43N2O5P/c1-2-3-4-5-6-7-8-9-10-11-12-13-14-15-16-17-21(24)23-20(18-22)19-28-29(25,26)27/h9-10,20H,2-8,11-19,22H2,1H3,(H,23,24)(H2,25,26,27)/p-2/b10-9-/t20-/m0/s1. The molecule has 0 bridgehead atoms. The van der Waals surface area contributed by atoms with E-state index in [-0.39, 0.29) is 12.5 Å². The van der Waals surface area contributed by atoms with E-state index >= 15 is 0 Å². The normalized spacial score (nSPS) is 13.1. The number of amides is 1. The highest BCUT2D eigenvalue weighted by Gasteiger charge is 2.11. The van der Waals surface area contributed by atoms with Crippen molar-refractivity contribution < 1.29 is 23.7 Å². The summed E-state index contributed by atoms with van der Waals surface area (Å²) < 4.78 is 14.6. The molecule has 0 saturated carbocycles. The second-order valence-corrected chi connectivity index (χ2v) is 8.73. The van der Waals surface area contributed by atoms with Gasteiger partial charge in [-0.2, -0.15) is 0 Å². The van der Waals surface area contributed by atoms with Gasteiger partial charge in [0.25, 0.3) is 0 Å². The van der Waals surface area contributed by atoms with Crippen LogP contribution >= 0.6 is 7.82 Å². The van der Waals surface area contributed by atoms with Gasteiger partial charge in [-0.25, -0.2) is 0 Å². The molecule has 0 aromatic rings. The van der Waals surface area contributed by atoms with E-state index in [9.17, 15) is 19.1 Å². The number of carbonyl (C=O) groups excluding carboxylic acids is 1. The summed E-state index contributed by atoms with van der Waals surface area (Å²) in [5, 5.41) is 2.59.